The Morgan fingerprint density at radius 3 is 2.24 bits per heavy atom. The fraction of sp³-hybridized carbons (Fsp3) is 0.160. The summed E-state index contributed by atoms with van der Waals surface area (Å²) in [6.45, 7) is 3.01. The topological polar surface area (TPSA) is 90.5 Å². The zero-order valence-electron chi connectivity index (χ0n) is 18.4. The number of carbonyl (C=O) groups is 3. The minimum Gasteiger partial charge on any atom is -0.336 e. The van der Waals surface area contributed by atoms with Gasteiger partial charge in [0.25, 0.3) is 11.8 Å². The van der Waals surface area contributed by atoms with E-state index in [1.807, 2.05) is 43.3 Å². The van der Waals surface area contributed by atoms with E-state index in [-0.39, 0.29) is 6.03 Å². The van der Waals surface area contributed by atoms with Gasteiger partial charge >= 0.3 is 6.03 Å². The number of carbonyl (C=O) groups excluding carboxylic acids is 3. The maximum atomic E-state index is 12.5. The molecule has 3 aromatic carbocycles. The van der Waals surface area contributed by atoms with E-state index < -0.39 is 11.8 Å². The summed E-state index contributed by atoms with van der Waals surface area (Å²) in [4.78, 5) is 39.6. The maximum Gasteiger partial charge on any atom is 0.322 e. The first-order valence-electron chi connectivity index (χ1n) is 10.6. The van der Waals surface area contributed by atoms with Crippen molar-refractivity contribution < 1.29 is 14.4 Å². The third-order valence-corrected chi connectivity index (χ3v) is 6.67. The quantitative estimate of drug-likeness (QED) is 0.346. The van der Waals surface area contributed by atoms with Crippen molar-refractivity contribution in [2.75, 3.05) is 18.0 Å². The molecular formula is C25H23ClN4O3S. The van der Waals surface area contributed by atoms with Crippen LogP contribution >= 0.6 is 23.4 Å². The third kappa shape index (κ3) is 5.70. The molecule has 0 aromatic heterocycles. The lowest BCUT2D eigenvalue weighted by molar-refractivity contribution is 0.0846. The Hall–Kier alpha value is -3.49. The van der Waals surface area contributed by atoms with Crippen LogP contribution in [0.25, 0.3) is 0 Å². The number of urea groups is 1. The van der Waals surface area contributed by atoms with E-state index in [1.165, 1.54) is 0 Å². The van der Waals surface area contributed by atoms with Crippen LogP contribution in [0.15, 0.2) is 71.6 Å². The van der Waals surface area contributed by atoms with Crippen molar-refractivity contribution >= 4 is 46.9 Å². The Morgan fingerprint density at radius 1 is 0.971 bits per heavy atom. The lowest BCUT2D eigenvalue weighted by Crippen LogP contribution is -2.41. The Labute approximate surface area is 206 Å². The van der Waals surface area contributed by atoms with Crippen molar-refractivity contribution in [1.82, 2.24) is 16.2 Å². The molecule has 4 amide bonds. The molecule has 1 aliphatic rings. The number of hydrogen-bond acceptors (Lipinski definition) is 4. The first-order valence-corrected chi connectivity index (χ1v) is 12.0. The Kier molecular flexibility index (Phi) is 7.40. The molecule has 0 radical (unpaired) electrons. The number of aryl methyl sites for hydroxylation is 1. The molecule has 1 heterocycles. The molecule has 3 N–H and O–H groups in total. The first-order chi connectivity index (χ1) is 16.4. The van der Waals surface area contributed by atoms with E-state index in [9.17, 15) is 14.4 Å². The van der Waals surface area contributed by atoms with Gasteiger partial charge in [-0.3, -0.25) is 25.3 Å². The lowest BCUT2D eigenvalue weighted by Gasteiger charge is -2.17. The van der Waals surface area contributed by atoms with Crippen LogP contribution in [0.4, 0.5) is 10.5 Å². The summed E-state index contributed by atoms with van der Waals surface area (Å²) in [7, 11) is 0. The molecule has 1 saturated heterocycles. The van der Waals surface area contributed by atoms with Crippen LogP contribution in [0.5, 0.6) is 0 Å². The van der Waals surface area contributed by atoms with Crippen molar-refractivity contribution in [2.45, 2.75) is 17.6 Å². The number of thioether (sulfide) groups is 1. The van der Waals surface area contributed by atoms with Crippen LogP contribution in [-0.2, 0) is 5.75 Å². The van der Waals surface area contributed by atoms with Gasteiger partial charge in [-0.05, 0) is 72.6 Å². The molecule has 4 rings (SSSR count). The predicted molar refractivity (Wildman–Crippen MR) is 134 cm³/mol. The fourth-order valence-electron chi connectivity index (χ4n) is 3.51. The number of rotatable bonds is 6. The van der Waals surface area contributed by atoms with Gasteiger partial charge in [-0.15, -0.1) is 11.8 Å². The number of nitrogens with one attached hydrogen (secondary N) is 3. The molecule has 0 unspecified atom stereocenters. The molecule has 34 heavy (non-hydrogen) atoms. The lowest BCUT2D eigenvalue weighted by atomic mass is 10.1. The average molecular weight is 495 g/mol. The number of anilines is 1. The smallest absolute Gasteiger partial charge is 0.322 e. The van der Waals surface area contributed by atoms with Gasteiger partial charge in [-0.1, -0.05) is 23.7 Å². The maximum absolute atomic E-state index is 12.5. The van der Waals surface area contributed by atoms with E-state index in [0.717, 1.165) is 27.5 Å². The molecular weight excluding hydrogens is 472 g/mol. The summed E-state index contributed by atoms with van der Waals surface area (Å²) in [6.07, 6.45) is 0. The van der Waals surface area contributed by atoms with Crippen molar-refractivity contribution in [3.63, 3.8) is 0 Å². The zero-order chi connectivity index (χ0) is 24.1. The van der Waals surface area contributed by atoms with E-state index >= 15 is 0 Å². The fourth-order valence-corrected chi connectivity index (χ4v) is 4.49. The number of hydrazine groups is 1. The predicted octanol–water partition coefficient (Wildman–Crippen LogP) is 4.55. The van der Waals surface area contributed by atoms with Crippen molar-refractivity contribution in [3.8, 4) is 0 Å². The van der Waals surface area contributed by atoms with Gasteiger partial charge in [-0.2, -0.15) is 0 Å². The Bertz CT molecular complexity index is 1220. The molecule has 174 valence electrons. The molecule has 9 heteroatoms. The summed E-state index contributed by atoms with van der Waals surface area (Å²) in [5.74, 6) is -0.0912. The Morgan fingerprint density at radius 2 is 1.62 bits per heavy atom. The van der Waals surface area contributed by atoms with Crippen LogP contribution < -0.4 is 21.1 Å². The molecule has 3 aromatic rings. The highest BCUT2D eigenvalue weighted by Crippen LogP contribution is 2.25. The van der Waals surface area contributed by atoms with Crippen molar-refractivity contribution in [2.24, 2.45) is 0 Å². The monoisotopic (exact) mass is 494 g/mol. The third-order valence-electron chi connectivity index (χ3n) is 5.33. The van der Waals surface area contributed by atoms with Gasteiger partial charge in [0.15, 0.2) is 0 Å². The van der Waals surface area contributed by atoms with E-state index in [1.54, 1.807) is 47.0 Å². The van der Waals surface area contributed by atoms with Gasteiger partial charge in [0.1, 0.15) is 0 Å². The summed E-state index contributed by atoms with van der Waals surface area (Å²) in [6, 6.07) is 19.8. The molecule has 0 atom stereocenters. The zero-order valence-corrected chi connectivity index (χ0v) is 20.0. The minimum atomic E-state index is -0.440. The summed E-state index contributed by atoms with van der Waals surface area (Å²) < 4.78 is 0. The molecule has 0 saturated carbocycles. The number of hydrogen-bond donors (Lipinski definition) is 3. The van der Waals surface area contributed by atoms with Gasteiger partial charge in [-0.25, -0.2) is 4.79 Å². The van der Waals surface area contributed by atoms with Gasteiger partial charge in [0.05, 0.1) is 0 Å². The number of amides is 4. The molecule has 0 bridgehead atoms. The summed E-state index contributed by atoms with van der Waals surface area (Å²) in [5, 5.41) is 3.46. The van der Waals surface area contributed by atoms with Crippen LogP contribution in [0.3, 0.4) is 0 Å². The highest BCUT2D eigenvalue weighted by molar-refractivity contribution is 7.98. The molecule has 7 nitrogen and oxygen atoms in total. The minimum absolute atomic E-state index is 0.151. The standard InChI is InChI=1S/C25H23ClN4O3S/c1-16-14-19(6-11-22(16)30-13-12-27-25(30)33)24(32)29-28-23(31)18-4-2-17(3-5-18)15-34-21-9-7-20(26)8-10-21/h2-11,14H,12-13,15H2,1H3,(H,27,33)(H,28,31)(H,29,32). The second-order valence-electron chi connectivity index (χ2n) is 7.73. The van der Waals surface area contributed by atoms with Gasteiger partial charge < -0.3 is 5.32 Å². The van der Waals surface area contributed by atoms with Crippen molar-refractivity contribution in [1.29, 1.82) is 0 Å². The first kappa shape index (κ1) is 23.7. The highest BCUT2D eigenvalue weighted by atomic mass is 35.5. The summed E-state index contributed by atoms with van der Waals surface area (Å²) in [5.41, 5.74) is 8.33. The van der Waals surface area contributed by atoms with Gasteiger partial charge in [0, 0.05) is 45.6 Å². The molecule has 0 spiro atoms. The second-order valence-corrected chi connectivity index (χ2v) is 9.22. The number of benzene rings is 3. The molecule has 0 aliphatic carbocycles. The average Bonchev–Trinajstić information content (AvgIpc) is 3.27. The van der Waals surface area contributed by atoms with E-state index in [0.29, 0.717) is 29.2 Å². The van der Waals surface area contributed by atoms with Crippen LogP contribution in [-0.4, -0.2) is 30.9 Å². The van der Waals surface area contributed by atoms with Crippen LogP contribution in [0.2, 0.25) is 5.02 Å². The Balaban J connectivity index is 1.29. The summed E-state index contributed by atoms with van der Waals surface area (Å²) >= 11 is 7.59. The van der Waals surface area contributed by atoms with Crippen molar-refractivity contribution in [3.05, 3.63) is 94.0 Å². The molecule has 1 fully saturated rings. The van der Waals surface area contributed by atoms with E-state index in [2.05, 4.69) is 16.2 Å². The second kappa shape index (κ2) is 10.6. The number of nitrogens with zero attached hydrogens (tertiary/aromatic N) is 1. The normalized spacial score (nSPS) is 12.9. The van der Waals surface area contributed by atoms with Crippen LogP contribution in [0.1, 0.15) is 31.8 Å². The highest BCUT2D eigenvalue weighted by Gasteiger charge is 2.23. The van der Waals surface area contributed by atoms with Gasteiger partial charge in [0.2, 0.25) is 0 Å². The van der Waals surface area contributed by atoms with E-state index in [4.69, 9.17) is 11.6 Å². The SMILES string of the molecule is Cc1cc(C(=O)NNC(=O)c2ccc(CSc3ccc(Cl)cc3)cc2)ccc1N1CCNC1=O. The largest absolute Gasteiger partial charge is 0.336 e. The molecule has 1 aliphatic heterocycles. The number of halogens is 1. The van der Waals surface area contributed by atoms with Crippen LogP contribution in [0, 0.1) is 6.92 Å².